The average Bonchev–Trinajstić information content (AvgIpc) is 2.41. The molecule has 1 aromatic rings. The van der Waals surface area contributed by atoms with Crippen LogP contribution in [0.15, 0.2) is 36.3 Å². The van der Waals surface area contributed by atoms with Gasteiger partial charge in [-0.15, -0.1) is 0 Å². The topological polar surface area (TPSA) is 43.1 Å². The molecular weight excluding hydrogens is 210 g/mol. The van der Waals surface area contributed by atoms with Gasteiger partial charge in [0.25, 0.3) is 0 Å². The maximum atomic E-state index is 12.2. The summed E-state index contributed by atoms with van der Waals surface area (Å²) in [4.78, 5) is 12.2. The summed E-state index contributed by atoms with van der Waals surface area (Å²) < 4.78 is 46.8. The van der Waals surface area contributed by atoms with Crippen LogP contribution in [0.25, 0.3) is 0 Å². The normalized spacial score (nSPS) is 34.7. The highest BCUT2D eigenvalue weighted by Gasteiger charge is 2.36. The van der Waals surface area contributed by atoms with Gasteiger partial charge in [-0.2, -0.15) is 0 Å². The minimum Gasteiger partial charge on any atom is -0.315 e. The van der Waals surface area contributed by atoms with Gasteiger partial charge < -0.3 is 5.73 Å². The summed E-state index contributed by atoms with van der Waals surface area (Å²) in [6, 6.07) is -2.31. The SMILES string of the molecule is [2H]c1c([2H])c([2H])c(C2(N)C(=O)C=CCC2([2H])[2H])c(Cl)c1[2H]. The molecule has 2 N–H and O–H groups in total. The predicted molar refractivity (Wildman–Crippen MR) is 60.7 cm³/mol. The average molecular weight is 228 g/mol. The molecule has 0 aromatic heterocycles. The van der Waals surface area contributed by atoms with Gasteiger partial charge in [0.05, 0.1) is 5.48 Å². The van der Waals surface area contributed by atoms with Crippen LogP contribution in [0.3, 0.4) is 0 Å². The van der Waals surface area contributed by atoms with Crippen LogP contribution in [0.2, 0.25) is 5.02 Å². The number of benzene rings is 1. The van der Waals surface area contributed by atoms with Gasteiger partial charge in [0, 0.05) is 7.76 Å². The molecule has 2 nitrogen and oxygen atoms in total. The number of carbonyl (C=O) groups excluding carboxylic acids is 1. The lowest BCUT2D eigenvalue weighted by Crippen LogP contribution is -2.45. The highest BCUT2D eigenvalue weighted by atomic mass is 35.5. The summed E-state index contributed by atoms with van der Waals surface area (Å²) in [7, 11) is 0. The molecule has 1 unspecified atom stereocenters. The number of rotatable bonds is 1. The van der Waals surface area contributed by atoms with E-state index in [1.54, 1.807) is 0 Å². The monoisotopic (exact) mass is 227 g/mol. The van der Waals surface area contributed by atoms with Crippen molar-refractivity contribution in [2.45, 2.75) is 18.3 Å². The molecule has 0 heterocycles. The van der Waals surface area contributed by atoms with Crippen LogP contribution >= 0.6 is 11.6 Å². The molecule has 0 saturated carbocycles. The molecule has 0 fully saturated rings. The van der Waals surface area contributed by atoms with Gasteiger partial charge in [-0.1, -0.05) is 35.8 Å². The molecule has 0 spiro atoms. The van der Waals surface area contributed by atoms with Crippen LogP contribution in [-0.4, -0.2) is 5.78 Å². The molecule has 0 saturated heterocycles. The Bertz CT molecular complexity index is 645. The van der Waals surface area contributed by atoms with Gasteiger partial charge in [0.1, 0.15) is 5.54 Å². The van der Waals surface area contributed by atoms with E-state index in [2.05, 4.69) is 0 Å². The van der Waals surface area contributed by atoms with Crippen LogP contribution in [0.4, 0.5) is 0 Å². The number of halogens is 1. The Morgan fingerprint density at radius 1 is 1.53 bits per heavy atom. The van der Waals surface area contributed by atoms with Crippen molar-refractivity contribution in [2.24, 2.45) is 5.73 Å². The number of carbonyl (C=O) groups is 1. The van der Waals surface area contributed by atoms with Crippen molar-refractivity contribution >= 4 is 17.4 Å². The lowest BCUT2D eigenvalue weighted by Gasteiger charge is -2.30. The summed E-state index contributed by atoms with van der Waals surface area (Å²) in [5.41, 5.74) is 3.32. The highest BCUT2D eigenvalue weighted by molar-refractivity contribution is 6.31. The summed E-state index contributed by atoms with van der Waals surface area (Å²) >= 11 is 5.96. The molecule has 1 aromatic carbocycles. The summed E-state index contributed by atoms with van der Waals surface area (Å²) in [5.74, 6) is -0.786. The maximum absolute atomic E-state index is 12.2. The Labute approximate surface area is 102 Å². The number of ketones is 1. The van der Waals surface area contributed by atoms with Crippen molar-refractivity contribution in [3.8, 4) is 0 Å². The van der Waals surface area contributed by atoms with Gasteiger partial charge >= 0.3 is 0 Å². The van der Waals surface area contributed by atoms with E-state index in [9.17, 15) is 4.79 Å². The molecule has 0 amide bonds. The van der Waals surface area contributed by atoms with Crippen molar-refractivity contribution in [3.05, 3.63) is 46.9 Å². The number of allylic oxidation sites excluding steroid dienone is 1. The number of hydrogen-bond donors (Lipinski definition) is 1. The fourth-order valence-corrected chi connectivity index (χ4v) is 1.63. The molecule has 0 bridgehead atoms. The van der Waals surface area contributed by atoms with Gasteiger partial charge in [0.2, 0.25) is 0 Å². The number of hydrogen-bond acceptors (Lipinski definition) is 2. The zero-order valence-corrected chi connectivity index (χ0v) is 8.48. The van der Waals surface area contributed by atoms with Crippen LogP contribution in [0.5, 0.6) is 0 Å². The first-order valence-corrected chi connectivity index (χ1v) is 4.69. The van der Waals surface area contributed by atoms with Crippen LogP contribution in [0, 0.1) is 0 Å². The quantitative estimate of drug-likeness (QED) is 0.801. The molecule has 1 atom stereocenters. The van der Waals surface area contributed by atoms with E-state index in [0.717, 1.165) is 6.08 Å². The van der Waals surface area contributed by atoms with Gasteiger partial charge in [-0.3, -0.25) is 4.79 Å². The smallest absolute Gasteiger partial charge is 0.179 e. The first-order chi connectivity index (χ1) is 9.55. The highest BCUT2D eigenvalue weighted by Crippen LogP contribution is 2.33. The van der Waals surface area contributed by atoms with Crippen LogP contribution < -0.4 is 5.73 Å². The van der Waals surface area contributed by atoms with E-state index in [1.807, 2.05) is 0 Å². The molecule has 1 aliphatic carbocycles. The van der Waals surface area contributed by atoms with Crippen molar-refractivity contribution in [1.29, 1.82) is 0 Å². The van der Waals surface area contributed by atoms with Crippen molar-refractivity contribution < 1.29 is 13.0 Å². The maximum Gasteiger partial charge on any atom is 0.179 e. The van der Waals surface area contributed by atoms with Crippen LogP contribution in [-0.2, 0) is 10.3 Å². The molecule has 2 rings (SSSR count). The van der Waals surface area contributed by atoms with Gasteiger partial charge in [0.15, 0.2) is 5.78 Å². The molecule has 3 heteroatoms. The first-order valence-electron chi connectivity index (χ1n) is 7.32. The third-order valence-electron chi connectivity index (χ3n) is 2.19. The lowest BCUT2D eigenvalue weighted by atomic mass is 9.79. The minimum atomic E-state index is -2.25. The standard InChI is InChI=1S/C12H12ClNO/c13-10-6-2-1-5-9(10)12(14)8-4-3-7-11(12)15/h1-3,5-7H,4,8,14H2/i1D,2D,5D,6D,8D2. The molecule has 78 valence electrons. The van der Waals surface area contributed by atoms with E-state index in [-0.39, 0.29) is 6.42 Å². The Hall–Kier alpha value is -1.12. The van der Waals surface area contributed by atoms with Gasteiger partial charge in [-0.25, -0.2) is 0 Å². The number of nitrogens with two attached hydrogens (primary N) is 1. The zero-order chi connectivity index (χ0) is 16.2. The van der Waals surface area contributed by atoms with Crippen molar-refractivity contribution in [2.75, 3.05) is 0 Å². The Kier molecular flexibility index (Phi) is 1.34. The Morgan fingerprint density at radius 2 is 2.27 bits per heavy atom. The Morgan fingerprint density at radius 3 is 3.00 bits per heavy atom. The molecule has 1 aliphatic rings. The summed E-state index contributed by atoms with van der Waals surface area (Å²) in [6.07, 6.45) is 0.0704. The van der Waals surface area contributed by atoms with Crippen molar-refractivity contribution in [3.63, 3.8) is 0 Å². The fourth-order valence-electron chi connectivity index (χ4n) is 1.38. The third-order valence-corrected chi connectivity index (χ3v) is 2.48. The third kappa shape index (κ3) is 1.71. The van der Waals surface area contributed by atoms with E-state index in [1.165, 1.54) is 6.08 Å². The fraction of sp³-hybridized carbons (Fsp3) is 0.250. The summed E-state index contributed by atoms with van der Waals surface area (Å²) in [6.45, 7) is 0. The second-order valence-corrected chi connectivity index (χ2v) is 3.52. The first kappa shape index (κ1) is 5.28. The van der Waals surface area contributed by atoms with Crippen molar-refractivity contribution in [1.82, 2.24) is 0 Å². The zero-order valence-electron chi connectivity index (χ0n) is 13.7. The molecule has 15 heavy (non-hydrogen) atoms. The van der Waals surface area contributed by atoms with Crippen LogP contribution in [0.1, 0.15) is 26.6 Å². The largest absolute Gasteiger partial charge is 0.315 e. The molecular formula is C12H12ClNO. The molecule has 0 aliphatic heterocycles. The summed E-state index contributed by atoms with van der Waals surface area (Å²) in [5, 5.41) is -0.434. The van der Waals surface area contributed by atoms with E-state index < -0.39 is 52.5 Å². The van der Waals surface area contributed by atoms with E-state index in [4.69, 9.17) is 25.6 Å². The minimum absolute atomic E-state index is 0.158. The predicted octanol–water partition coefficient (Wildman–Crippen LogP) is 2.41. The van der Waals surface area contributed by atoms with Gasteiger partial charge in [-0.05, 0) is 30.5 Å². The second kappa shape index (κ2) is 3.80. The molecule has 0 radical (unpaired) electrons. The second-order valence-electron chi connectivity index (χ2n) is 3.14. The van der Waals surface area contributed by atoms with E-state index >= 15 is 0 Å². The Balaban J connectivity index is 2.89. The van der Waals surface area contributed by atoms with E-state index in [0.29, 0.717) is 0 Å². The lowest BCUT2D eigenvalue weighted by molar-refractivity contribution is -0.120.